The molecule has 0 spiro atoms. The van der Waals surface area contributed by atoms with Gasteiger partial charge in [0.1, 0.15) is 23.1 Å². The van der Waals surface area contributed by atoms with E-state index in [4.69, 9.17) is 14.2 Å². The van der Waals surface area contributed by atoms with Crippen molar-refractivity contribution in [3.8, 4) is 17.4 Å². The van der Waals surface area contributed by atoms with E-state index in [-0.39, 0.29) is 0 Å². The molecule has 30 heavy (non-hydrogen) atoms. The fraction of sp³-hybridized carbons (Fsp3) is 0.190. The Balaban J connectivity index is 1.64. The number of ether oxygens (including phenoxy) is 3. The van der Waals surface area contributed by atoms with E-state index >= 15 is 0 Å². The Kier molecular flexibility index (Phi) is 6.53. The summed E-state index contributed by atoms with van der Waals surface area (Å²) in [5, 5.41) is 8.71. The van der Waals surface area contributed by atoms with Crippen molar-refractivity contribution in [3.63, 3.8) is 0 Å². The minimum absolute atomic E-state index is 0.404. The molecule has 3 N–H and O–H groups in total. The summed E-state index contributed by atoms with van der Waals surface area (Å²) in [6, 6.07) is 13.7. The van der Waals surface area contributed by atoms with E-state index in [2.05, 4.69) is 25.9 Å². The number of carbonyl (C=O) groups excluding carboxylic acids is 1. The predicted molar refractivity (Wildman–Crippen MR) is 115 cm³/mol. The minimum Gasteiger partial charge on any atom is -0.497 e. The normalized spacial score (nSPS) is 10.1. The molecule has 1 aromatic heterocycles. The Bertz CT molecular complexity index is 1020. The molecule has 0 atom stereocenters. The van der Waals surface area contributed by atoms with Gasteiger partial charge in [-0.15, -0.1) is 0 Å². The van der Waals surface area contributed by atoms with Gasteiger partial charge in [0, 0.05) is 23.5 Å². The van der Waals surface area contributed by atoms with Gasteiger partial charge in [0.25, 0.3) is 0 Å². The zero-order valence-corrected chi connectivity index (χ0v) is 17.1. The number of hydrogen-bond acceptors (Lipinski definition) is 7. The quantitative estimate of drug-likeness (QED) is 0.537. The van der Waals surface area contributed by atoms with Gasteiger partial charge < -0.3 is 30.2 Å². The van der Waals surface area contributed by atoms with Crippen LogP contribution >= 0.6 is 0 Å². The lowest BCUT2D eigenvalue weighted by atomic mass is 10.2. The maximum Gasteiger partial charge on any atom is 0.323 e. The SMILES string of the molecule is COc1ccc(OC)c(NC(=O)Nc2ccc(Nc3cc(OC)nc(C)n3)cc2)c1. The molecule has 0 aliphatic heterocycles. The Hall–Kier alpha value is -4.01. The number of nitrogens with one attached hydrogen (secondary N) is 3. The molecule has 1 heterocycles. The Labute approximate surface area is 174 Å². The third-order valence-corrected chi connectivity index (χ3v) is 4.09. The molecule has 0 aliphatic carbocycles. The van der Waals surface area contributed by atoms with Gasteiger partial charge in [-0.1, -0.05) is 0 Å². The van der Waals surface area contributed by atoms with Gasteiger partial charge in [-0.2, -0.15) is 4.98 Å². The zero-order chi connectivity index (χ0) is 21.5. The van der Waals surface area contributed by atoms with Gasteiger partial charge in [-0.05, 0) is 43.3 Å². The third-order valence-electron chi connectivity index (χ3n) is 4.09. The van der Waals surface area contributed by atoms with Gasteiger partial charge in [-0.3, -0.25) is 0 Å². The highest BCUT2D eigenvalue weighted by Crippen LogP contribution is 2.29. The van der Waals surface area contributed by atoms with E-state index in [9.17, 15) is 4.79 Å². The maximum atomic E-state index is 12.4. The van der Waals surface area contributed by atoms with Crippen molar-refractivity contribution in [1.82, 2.24) is 9.97 Å². The van der Waals surface area contributed by atoms with E-state index in [1.165, 1.54) is 7.11 Å². The monoisotopic (exact) mass is 409 g/mol. The highest BCUT2D eigenvalue weighted by atomic mass is 16.5. The molecular weight excluding hydrogens is 386 g/mol. The molecular formula is C21H23N5O4. The van der Waals surface area contributed by atoms with Crippen molar-refractivity contribution in [2.75, 3.05) is 37.3 Å². The summed E-state index contributed by atoms with van der Waals surface area (Å²) in [7, 11) is 4.64. The number of amides is 2. The minimum atomic E-state index is -0.404. The van der Waals surface area contributed by atoms with Crippen molar-refractivity contribution >= 4 is 28.9 Å². The summed E-state index contributed by atoms with van der Waals surface area (Å²) in [6.45, 7) is 1.79. The van der Waals surface area contributed by atoms with Crippen molar-refractivity contribution in [2.24, 2.45) is 0 Å². The third kappa shape index (κ3) is 5.28. The Morgan fingerprint density at radius 2 is 1.57 bits per heavy atom. The number of methoxy groups -OCH3 is 3. The summed E-state index contributed by atoms with van der Waals surface area (Å²) in [5.41, 5.74) is 1.92. The number of aromatic nitrogens is 2. The molecule has 9 heteroatoms. The fourth-order valence-electron chi connectivity index (χ4n) is 2.69. The largest absolute Gasteiger partial charge is 0.497 e. The van der Waals surface area contributed by atoms with Crippen LogP contribution in [0.15, 0.2) is 48.5 Å². The average molecular weight is 409 g/mol. The zero-order valence-electron chi connectivity index (χ0n) is 17.1. The second-order valence-corrected chi connectivity index (χ2v) is 6.19. The van der Waals surface area contributed by atoms with Crippen LogP contribution in [-0.2, 0) is 0 Å². The van der Waals surface area contributed by atoms with Crippen LogP contribution in [0.25, 0.3) is 0 Å². The molecule has 156 valence electrons. The lowest BCUT2D eigenvalue weighted by Crippen LogP contribution is -2.19. The average Bonchev–Trinajstić information content (AvgIpc) is 2.74. The van der Waals surface area contributed by atoms with Gasteiger partial charge in [0.05, 0.1) is 27.0 Å². The van der Waals surface area contributed by atoms with E-state index < -0.39 is 6.03 Å². The maximum absolute atomic E-state index is 12.4. The lowest BCUT2D eigenvalue weighted by Gasteiger charge is -2.13. The fourth-order valence-corrected chi connectivity index (χ4v) is 2.69. The highest BCUT2D eigenvalue weighted by molar-refractivity contribution is 6.00. The summed E-state index contributed by atoms with van der Waals surface area (Å²) < 4.78 is 15.6. The first kappa shape index (κ1) is 20.7. The Morgan fingerprint density at radius 3 is 2.23 bits per heavy atom. The van der Waals surface area contributed by atoms with Crippen LogP contribution in [0.3, 0.4) is 0 Å². The van der Waals surface area contributed by atoms with E-state index in [1.54, 1.807) is 57.5 Å². The molecule has 2 amide bonds. The van der Waals surface area contributed by atoms with Crippen LogP contribution in [0.2, 0.25) is 0 Å². The molecule has 0 fully saturated rings. The second kappa shape index (κ2) is 9.46. The number of urea groups is 1. The van der Waals surface area contributed by atoms with Gasteiger partial charge in [-0.25, -0.2) is 9.78 Å². The summed E-state index contributed by atoms with van der Waals surface area (Å²) in [6.07, 6.45) is 0. The van der Waals surface area contributed by atoms with E-state index in [0.29, 0.717) is 40.4 Å². The number of nitrogens with zero attached hydrogens (tertiary/aromatic N) is 2. The van der Waals surface area contributed by atoms with E-state index in [0.717, 1.165) is 5.69 Å². The van der Waals surface area contributed by atoms with Crippen molar-refractivity contribution in [2.45, 2.75) is 6.92 Å². The predicted octanol–water partition coefficient (Wildman–Crippen LogP) is 4.20. The van der Waals surface area contributed by atoms with Crippen LogP contribution in [0.4, 0.5) is 27.7 Å². The van der Waals surface area contributed by atoms with E-state index in [1.807, 2.05) is 12.1 Å². The molecule has 3 rings (SSSR count). The standard InChI is InChI=1S/C21H23N5O4/c1-13-22-19(12-20(23-13)30-4)24-14-5-7-15(8-6-14)25-21(27)26-17-11-16(28-2)9-10-18(17)29-3/h5-12H,1-4H3,(H,22,23,24)(H2,25,26,27). The number of anilines is 4. The molecule has 0 radical (unpaired) electrons. The molecule has 0 aliphatic rings. The smallest absolute Gasteiger partial charge is 0.323 e. The topological polar surface area (TPSA) is 107 Å². The first-order valence-corrected chi connectivity index (χ1v) is 9.07. The molecule has 0 saturated carbocycles. The number of carbonyl (C=O) groups is 1. The molecule has 0 unspecified atom stereocenters. The summed E-state index contributed by atoms with van der Waals surface area (Å²) in [4.78, 5) is 20.8. The summed E-state index contributed by atoms with van der Waals surface area (Å²) >= 11 is 0. The number of aryl methyl sites for hydroxylation is 1. The van der Waals surface area contributed by atoms with Gasteiger partial charge in [0.2, 0.25) is 5.88 Å². The van der Waals surface area contributed by atoms with Crippen LogP contribution in [0.1, 0.15) is 5.82 Å². The molecule has 3 aromatic rings. The first-order chi connectivity index (χ1) is 14.5. The Morgan fingerprint density at radius 1 is 0.833 bits per heavy atom. The highest BCUT2D eigenvalue weighted by Gasteiger charge is 2.10. The number of benzene rings is 2. The number of hydrogen-bond donors (Lipinski definition) is 3. The lowest BCUT2D eigenvalue weighted by molar-refractivity contribution is 0.262. The molecule has 2 aromatic carbocycles. The van der Waals surface area contributed by atoms with Crippen molar-refractivity contribution < 1.29 is 19.0 Å². The van der Waals surface area contributed by atoms with Crippen molar-refractivity contribution in [1.29, 1.82) is 0 Å². The molecule has 0 bridgehead atoms. The molecule has 9 nitrogen and oxygen atoms in total. The van der Waals surface area contributed by atoms with Gasteiger partial charge in [0.15, 0.2) is 0 Å². The first-order valence-electron chi connectivity index (χ1n) is 9.07. The summed E-state index contributed by atoms with van der Waals surface area (Å²) in [5.74, 6) is 2.83. The second-order valence-electron chi connectivity index (χ2n) is 6.19. The van der Waals surface area contributed by atoms with Crippen LogP contribution in [-0.4, -0.2) is 37.3 Å². The number of rotatable bonds is 7. The van der Waals surface area contributed by atoms with Crippen LogP contribution in [0.5, 0.6) is 17.4 Å². The van der Waals surface area contributed by atoms with Crippen molar-refractivity contribution in [3.05, 3.63) is 54.4 Å². The molecule has 0 saturated heterocycles. The van der Waals surface area contributed by atoms with Crippen LogP contribution < -0.4 is 30.2 Å². The van der Waals surface area contributed by atoms with Crippen LogP contribution in [0, 0.1) is 6.92 Å². The van der Waals surface area contributed by atoms with Gasteiger partial charge >= 0.3 is 6.03 Å².